The van der Waals surface area contributed by atoms with E-state index in [1.54, 1.807) is 42.3 Å². The van der Waals surface area contributed by atoms with Crippen molar-refractivity contribution in [1.82, 2.24) is 14.1 Å². The van der Waals surface area contributed by atoms with Gasteiger partial charge in [-0.15, -0.1) is 0 Å². The summed E-state index contributed by atoms with van der Waals surface area (Å²) < 4.78 is 45.1. The number of rotatable bonds is 8. The fourth-order valence-electron chi connectivity index (χ4n) is 5.69. The van der Waals surface area contributed by atoms with Crippen LogP contribution in [0, 0.1) is 13.8 Å². The quantitative estimate of drug-likeness (QED) is 0.462. The number of amides is 1. The first kappa shape index (κ1) is 27.8. The number of ether oxygens (including phenoxy) is 3. The van der Waals surface area contributed by atoms with E-state index in [1.807, 2.05) is 0 Å². The summed E-state index contributed by atoms with van der Waals surface area (Å²) in [7, 11) is -2.16. The van der Waals surface area contributed by atoms with Gasteiger partial charge in [-0.2, -0.15) is 4.31 Å². The number of esters is 1. The Morgan fingerprint density at radius 2 is 1.76 bits per heavy atom. The molecule has 10 nitrogen and oxygen atoms in total. The number of hydrogen-bond donors (Lipinski definition) is 0. The maximum absolute atomic E-state index is 13.7. The number of nitrogens with zero attached hydrogens (tertiary/aromatic N) is 3. The normalized spacial score (nSPS) is 24.1. The summed E-state index contributed by atoms with van der Waals surface area (Å²) in [5.74, 6) is 0.391. The SMILES string of the molecule is COc1cc(C)c(S(=O)(=O)N2CCCCC2COCC(=O)N2CCN(C3CCOC(=O)C3)CC2)c(C)c1. The molecule has 0 N–H and O–H groups in total. The lowest BCUT2D eigenvalue weighted by Crippen LogP contribution is -2.54. The summed E-state index contributed by atoms with van der Waals surface area (Å²) in [6, 6.07) is 3.36. The van der Waals surface area contributed by atoms with Gasteiger partial charge in [-0.25, -0.2) is 8.42 Å². The van der Waals surface area contributed by atoms with Gasteiger partial charge in [0.25, 0.3) is 0 Å². The first-order valence-corrected chi connectivity index (χ1v) is 14.6. The van der Waals surface area contributed by atoms with E-state index in [4.69, 9.17) is 14.2 Å². The van der Waals surface area contributed by atoms with Crippen LogP contribution in [-0.4, -0.2) is 106 Å². The lowest BCUT2D eigenvalue weighted by Gasteiger charge is -2.40. The van der Waals surface area contributed by atoms with E-state index in [2.05, 4.69) is 4.90 Å². The minimum atomic E-state index is -3.73. The molecule has 0 spiro atoms. The minimum Gasteiger partial charge on any atom is -0.497 e. The standard InChI is InChI=1S/C26H39N3O7S/c1-19-14-23(34-3)15-20(2)26(19)37(32,33)29-8-5-4-6-22(29)17-35-18-24(30)28-11-9-27(10-12-28)21-7-13-36-25(31)16-21/h14-15,21-22H,4-13,16-18H2,1-3H3. The molecule has 0 aliphatic carbocycles. The topological polar surface area (TPSA) is 106 Å². The number of aryl methyl sites for hydroxylation is 2. The molecule has 2 atom stereocenters. The molecule has 0 radical (unpaired) electrons. The van der Waals surface area contributed by atoms with Crippen molar-refractivity contribution < 1.29 is 32.2 Å². The molecule has 1 aromatic carbocycles. The summed E-state index contributed by atoms with van der Waals surface area (Å²) in [4.78, 5) is 28.7. The second kappa shape index (κ2) is 12.1. The third-order valence-electron chi connectivity index (χ3n) is 7.64. The third kappa shape index (κ3) is 6.45. The number of sulfonamides is 1. The number of carbonyl (C=O) groups excluding carboxylic acids is 2. The van der Waals surface area contributed by atoms with Crippen molar-refractivity contribution in [2.24, 2.45) is 0 Å². The second-order valence-electron chi connectivity index (χ2n) is 10.2. The van der Waals surface area contributed by atoms with E-state index in [9.17, 15) is 18.0 Å². The number of piperidine rings is 1. The van der Waals surface area contributed by atoms with Crippen LogP contribution in [0.15, 0.2) is 17.0 Å². The first-order valence-electron chi connectivity index (χ1n) is 13.1. The van der Waals surface area contributed by atoms with Gasteiger partial charge < -0.3 is 19.1 Å². The zero-order valence-electron chi connectivity index (χ0n) is 22.1. The fraction of sp³-hybridized carbons (Fsp3) is 0.692. The van der Waals surface area contributed by atoms with Gasteiger partial charge in [-0.1, -0.05) is 6.42 Å². The minimum absolute atomic E-state index is 0.0687. The van der Waals surface area contributed by atoms with Crippen LogP contribution < -0.4 is 4.74 Å². The molecule has 1 amide bonds. The molecule has 2 unspecified atom stereocenters. The highest BCUT2D eigenvalue weighted by Crippen LogP contribution is 2.32. The Balaban J connectivity index is 1.31. The zero-order valence-corrected chi connectivity index (χ0v) is 22.9. The van der Waals surface area contributed by atoms with E-state index in [-0.39, 0.29) is 37.2 Å². The summed E-state index contributed by atoms with van der Waals surface area (Å²) >= 11 is 0. The molecule has 3 aliphatic heterocycles. The van der Waals surface area contributed by atoms with Gasteiger partial charge in [0.15, 0.2) is 0 Å². The van der Waals surface area contributed by atoms with E-state index < -0.39 is 10.0 Å². The molecule has 0 aromatic heterocycles. The lowest BCUT2D eigenvalue weighted by atomic mass is 10.1. The average Bonchev–Trinajstić information content (AvgIpc) is 2.88. The van der Waals surface area contributed by atoms with Gasteiger partial charge in [0.1, 0.15) is 12.4 Å². The van der Waals surface area contributed by atoms with E-state index in [0.29, 0.717) is 60.9 Å². The van der Waals surface area contributed by atoms with Gasteiger partial charge in [-0.3, -0.25) is 14.5 Å². The van der Waals surface area contributed by atoms with Crippen LogP contribution in [0.5, 0.6) is 5.75 Å². The van der Waals surface area contributed by atoms with Crippen LogP contribution in [0.25, 0.3) is 0 Å². The highest BCUT2D eigenvalue weighted by atomic mass is 32.2. The number of carbonyl (C=O) groups is 2. The van der Waals surface area contributed by atoms with E-state index in [0.717, 1.165) is 32.4 Å². The monoisotopic (exact) mass is 537 g/mol. The van der Waals surface area contributed by atoms with Crippen LogP contribution in [0.4, 0.5) is 0 Å². The molecule has 4 rings (SSSR count). The number of benzene rings is 1. The second-order valence-corrected chi connectivity index (χ2v) is 12.0. The Hall–Kier alpha value is -2.21. The molecule has 3 saturated heterocycles. The number of methoxy groups -OCH3 is 1. The molecule has 206 valence electrons. The van der Waals surface area contributed by atoms with Gasteiger partial charge in [0.2, 0.25) is 15.9 Å². The summed E-state index contributed by atoms with van der Waals surface area (Å²) in [6.45, 7) is 7.21. The van der Waals surface area contributed by atoms with Gasteiger partial charge in [-0.05, 0) is 56.4 Å². The first-order chi connectivity index (χ1) is 17.7. The van der Waals surface area contributed by atoms with Crippen LogP contribution in [-0.2, 0) is 29.1 Å². The maximum Gasteiger partial charge on any atom is 0.307 e. The Morgan fingerprint density at radius 3 is 2.41 bits per heavy atom. The Bertz CT molecular complexity index is 1060. The number of hydrogen-bond acceptors (Lipinski definition) is 8. The largest absolute Gasteiger partial charge is 0.497 e. The summed E-state index contributed by atoms with van der Waals surface area (Å²) in [5, 5.41) is 0. The summed E-state index contributed by atoms with van der Waals surface area (Å²) in [5.41, 5.74) is 1.31. The third-order valence-corrected chi connectivity index (χ3v) is 9.90. The van der Waals surface area contributed by atoms with Crippen molar-refractivity contribution in [1.29, 1.82) is 0 Å². The highest BCUT2D eigenvalue weighted by Gasteiger charge is 2.36. The van der Waals surface area contributed by atoms with Crippen molar-refractivity contribution in [3.05, 3.63) is 23.3 Å². The van der Waals surface area contributed by atoms with E-state index in [1.165, 1.54) is 0 Å². The molecule has 37 heavy (non-hydrogen) atoms. The van der Waals surface area contributed by atoms with Crippen LogP contribution in [0.3, 0.4) is 0 Å². The predicted molar refractivity (Wildman–Crippen MR) is 137 cm³/mol. The van der Waals surface area contributed by atoms with Crippen LogP contribution in [0.1, 0.15) is 43.2 Å². The van der Waals surface area contributed by atoms with Gasteiger partial charge >= 0.3 is 5.97 Å². The molecule has 3 fully saturated rings. The zero-order chi connectivity index (χ0) is 26.6. The van der Waals surface area contributed by atoms with Crippen molar-refractivity contribution in [2.75, 3.05) is 59.7 Å². The smallest absolute Gasteiger partial charge is 0.307 e. The van der Waals surface area contributed by atoms with Crippen LogP contribution >= 0.6 is 0 Å². The van der Waals surface area contributed by atoms with E-state index >= 15 is 0 Å². The molecule has 0 saturated carbocycles. The number of piperazine rings is 1. The molecular weight excluding hydrogens is 498 g/mol. The van der Waals surface area contributed by atoms with Crippen LogP contribution in [0.2, 0.25) is 0 Å². The Kier molecular flexibility index (Phi) is 9.10. The van der Waals surface area contributed by atoms with Crippen molar-refractivity contribution >= 4 is 21.9 Å². The molecule has 0 bridgehead atoms. The predicted octanol–water partition coefficient (Wildman–Crippen LogP) is 1.72. The van der Waals surface area contributed by atoms with Crippen molar-refractivity contribution in [3.63, 3.8) is 0 Å². The lowest BCUT2D eigenvalue weighted by molar-refractivity contribution is -0.151. The highest BCUT2D eigenvalue weighted by molar-refractivity contribution is 7.89. The Labute approximate surface area is 219 Å². The van der Waals surface area contributed by atoms with Gasteiger partial charge in [0.05, 0.1) is 31.6 Å². The number of cyclic esters (lactones) is 1. The maximum atomic E-state index is 13.7. The molecule has 3 heterocycles. The fourth-order valence-corrected chi connectivity index (χ4v) is 7.79. The molecule has 3 aliphatic rings. The molecule has 1 aromatic rings. The van der Waals surface area contributed by atoms with Crippen molar-refractivity contribution in [3.8, 4) is 5.75 Å². The average molecular weight is 538 g/mol. The Morgan fingerprint density at radius 1 is 1.05 bits per heavy atom. The van der Waals surface area contributed by atoms with Gasteiger partial charge in [0, 0.05) is 44.8 Å². The van der Waals surface area contributed by atoms with Crippen molar-refractivity contribution in [2.45, 2.75) is 62.9 Å². The molecular formula is C26H39N3O7S. The summed E-state index contributed by atoms with van der Waals surface area (Å²) in [6.07, 6.45) is 3.66. The molecule has 11 heteroatoms.